The van der Waals surface area contributed by atoms with Gasteiger partial charge in [0.15, 0.2) is 0 Å². The molecule has 1 nitrogen and oxygen atoms in total. The van der Waals surface area contributed by atoms with Gasteiger partial charge in [0.25, 0.3) is 0 Å². The van der Waals surface area contributed by atoms with Gasteiger partial charge in [-0.3, -0.25) is 0 Å². The Balaban J connectivity index is 2.11. The third-order valence-electron chi connectivity index (χ3n) is 2.47. The summed E-state index contributed by atoms with van der Waals surface area (Å²) in [5.74, 6) is 0.536. The summed E-state index contributed by atoms with van der Waals surface area (Å²) < 4.78 is 12.7. The fraction of sp³-hybridized carbons (Fsp3) is 0.467. The second-order valence-corrected chi connectivity index (χ2v) is 4.69. The maximum atomic E-state index is 12.7. The van der Waals surface area contributed by atoms with Crippen LogP contribution < -0.4 is 5.32 Å². The molecule has 0 amide bonds. The number of nitrogens with one attached hydrogen (secondary N) is 1. The molecule has 1 rings (SSSR count). The van der Waals surface area contributed by atoms with Gasteiger partial charge in [0, 0.05) is 0 Å². The first-order valence-electron chi connectivity index (χ1n) is 6.28. The minimum Gasteiger partial charge on any atom is -0.316 e. The first-order valence-corrected chi connectivity index (χ1v) is 6.28. The Labute approximate surface area is 104 Å². The highest BCUT2D eigenvalue weighted by molar-refractivity contribution is 5.18. The normalized spacial score (nSPS) is 11.5. The maximum Gasteiger partial charge on any atom is 0.123 e. The third-order valence-corrected chi connectivity index (χ3v) is 2.47. The second-order valence-electron chi connectivity index (χ2n) is 4.69. The van der Waals surface area contributed by atoms with E-state index in [4.69, 9.17) is 0 Å². The Morgan fingerprint density at radius 1 is 1.18 bits per heavy atom. The minimum absolute atomic E-state index is 0.171. The molecule has 0 heterocycles. The molecule has 0 atom stereocenters. The molecule has 1 N–H and O–H groups in total. The molecule has 94 valence electrons. The molecule has 0 aliphatic rings. The quantitative estimate of drug-likeness (QED) is 0.563. The van der Waals surface area contributed by atoms with Crippen LogP contribution in [0.5, 0.6) is 0 Å². The smallest absolute Gasteiger partial charge is 0.123 e. The van der Waals surface area contributed by atoms with E-state index in [9.17, 15) is 4.39 Å². The number of halogens is 1. The summed E-state index contributed by atoms with van der Waals surface area (Å²) in [5.41, 5.74) is 1.15. The number of rotatable bonds is 7. The van der Waals surface area contributed by atoms with Gasteiger partial charge >= 0.3 is 0 Å². The van der Waals surface area contributed by atoms with Crippen LogP contribution >= 0.6 is 0 Å². The third kappa shape index (κ3) is 6.90. The Bertz CT molecular complexity index is 327. The molecular formula is C15H22FN. The molecule has 0 aliphatic carbocycles. The fourth-order valence-corrected chi connectivity index (χ4v) is 1.53. The summed E-state index contributed by atoms with van der Waals surface area (Å²) in [5, 5.41) is 3.39. The Kier molecular flexibility index (Phi) is 6.56. The molecule has 0 saturated heterocycles. The highest BCUT2D eigenvalue weighted by Gasteiger charge is 1.92. The Hall–Kier alpha value is -1.15. The lowest BCUT2D eigenvalue weighted by atomic mass is 10.1. The summed E-state index contributed by atoms with van der Waals surface area (Å²) in [4.78, 5) is 0. The molecule has 17 heavy (non-hydrogen) atoms. The van der Waals surface area contributed by atoms with Crippen LogP contribution in [-0.2, 0) is 6.42 Å². The predicted octanol–water partition coefficient (Wildman–Crippen LogP) is 3.56. The van der Waals surface area contributed by atoms with Gasteiger partial charge in [-0.25, -0.2) is 4.39 Å². The summed E-state index contributed by atoms with van der Waals surface area (Å²) in [6, 6.07) is 6.67. The van der Waals surface area contributed by atoms with Crippen molar-refractivity contribution in [2.24, 2.45) is 5.92 Å². The molecule has 0 spiro atoms. The van der Waals surface area contributed by atoms with Gasteiger partial charge in [-0.15, -0.1) is 0 Å². The van der Waals surface area contributed by atoms with E-state index >= 15 is 0 Å². The van der Waals surface area contributed by atoms with Gasteiger partial charge in [-0.2, -0.15) is 0 Å². The zero-order valence-electron chi connectivity index (χ0n) is 10.7. The monoisotopic (exact) mass is 235 g/mol. The van der Waals surface area contributed by atoms with Crippen LogP contribution in [0.3, 0.4) is 0 Å². The van der Waals surface area contributed by atoms with E-state index in [1.54, 1.807) is 0 Å². The maximum absolute atomic E-state index is 12.7. The van der Waals surface area contributed by atoms with Crippen LogP contribution in [0.2, 0.25) is 0 Å². The van der Waals surface area contributed by atoms with Crippen molar-refractivity contribution < 1.29 is 4.39 Å². The standard InChI is InChI=1S/C15H22FN/c1-13(2)12-17-11-5-3-4-6-14-7-9-15(16)10-8-14/h3-4,7-10,13,17H,5-6,11-12H2,1-2H3. The average Bonchev–Trinajstić information content (AvgIpc) is 2.30. The highest BCUT2D eigenvalue weighted by atomic mass is 19.1. The van der Waals surface area contributed by atoms with E-state index in [1.165, 1.54) is 12.1 Å². The summed E-state index contributed by atoms with van der Waals surface area (Å²) >= 11 is 0. The van der Waals surface area contributed by atoms with Gasteiger partial charge in [0.05, 0.1) is 0 Å². The van der Waals surface area contributed by atoms with Gasteiger partial charge < -0.3 is 5.32 Å². The van der Waals surface area contributed by atoms with Crippen molar-refractivity contribution in [2.75, 3.05) is 13.1 Å². The number of benzene rings is 1. The summed E-state index contributed by atoms with van der Waals surface area (Å²) in [6.07, 6.45) is 6.25. The lowest BCUT2D eigenvalue weighted by Gasteiger charge is -2.04. The number of hydrogen-bond acceptors (Lipinski definition) is 1. The largest absolute Gasteiger partial charge is 0.316 e. The van der Waals surface area contributed by atoms with Crippen LogP contribution in [0.4, 0.5) is 4.39 Å². The van der Waals surface area contributed by atoms with Gasteiger partial charge in [-0.1, -0.05) is 38.1 Å². The van der Waals surface area contributed by atoms with E-state index in [-0.39, 0.29) is 5.82 Å². The number of allylic oxidation sites excluding steroid dienone is 1. The molecule has 1 aromatic carbocycles. The van der Waals surface area contributed by atoms with Crippen molar-refractivity contribution in [3.05, 3.63) is 47.8 Å². The Morgan fingerprint density at radius 3 is 2.53 bits per heavy atom. The molecule has 0 aliphatic heterocycles. The van der Waals surface area contributed by atoms with Crippen LogP contribution in [0.1, 0.15) is 25.8 Å². The van der Waals surface area contributed by atoms with Crippen molar-refractivity contribution in [3.8, 4) is 0 Å². The van der Waals surface area contributed by atoms with Crippen molar-refractivity contribution in [1.82, 2.24) is 5.32 Å². The predicted molar refractivity (Wildman–Crippen MR) is 71.6 cm³/mol. The van der Waals surface area contributed by atoms with E-state index in [1.807, 2.05) is 12.1 Å². The lowest BCUT2D eigenvalue weighted by Crippen LogP contribution is -2.20. The van der Waals surface area contributed by atoms with Crippen molar-refractivity contribution in [3.63, 3.8) is 0 Å². The van der Waals surface area contributed by atoms with Crippen molar-refractivity contribution in [1.29, 1.82) is 0 Å². The van der Waals surface area contributed by atoms with E-state index in [0.717, 1.165) is 31.5 Å². The molecule has 2 heteroatoms. The van der Waals surface area contributed by atoms with E-state index < -0.39 is 0 Å². The van der Waals surface area contributed by atoms with Gasteiger partial charge in [0.2, 0.25) is 0 Å². The van der Waals surface area contributed by atoms with Crippen molar-refractivity contribution in [2.45, 2.75) is 26.7 Å². The molecule has 0 saturated carbocycles. The zero-order chi connectivity index (χ0) is 12.5. The minimum atomic E-state index is -0.171. The molecule has 0 bridgehead atoms. The van der Waals surface area contributed by atoms with Gasteiger partial charge in [0.1, 0.15) is 5.82 Å². The molecule has 0 unspecified atom stereocenters. The van der Waals surface area contributed by atoms with Crippen LogP contribution in [0.25, 0.3) is 0 Å². The summed E-state index contributed by atoms with van der Waals surface area (Å²) in [7, 11) is 0. The zero-order valence-corrected chi connectivity index (χ0v) is 10.7. The first-order chi connectivity index (χ1) is 8.18. The van der Waals surface area contributed by atoms with E-state index in [2.05, 4.69) is 31.3 Å². The average molecular weight is 235 g/mol. The van der Waals surface area contributed by atoms with Crippen LogP contribution in [0.15, 0.2) is 36.4 Å². The van der Waals surface area contributed by atoms with Crippen LogP contribution in [-0.4, -0.2) is 13.1 Å². The molecule has 0 aromatic heterocycles. The Morgan fingerprint density at radius 2 is 1.88 bits per heavy atom. The van der Waals surface area contributed by atoms with Crippen LogP contribution in [0, 0.1) is 11.7 Å². The molecular weight excluding hydrogens is 213 g/mol. The van der Waals surface area contributed by atoms with Crippen molar-refractivity contribution >= 4 is 0 Å². The topological polar surface area (TPSA) is 12.0 Å². The van der Waals surface area contributed by atoms with Gasteiger partial charge in [-0.05, 0) is 49.5 Å². The second kappa shape index (κ2) is 8.02. The first kappa shape index (κ1) is 13.9. The summed E-state index contributed by atoms with van der Waals surface area (Å²) in [6.45, 7) is 6.51. The van der Waals surface area contributed by atoms with E-state index in [0.29, 0.717) is 5.92 Å². The SMILES string of the molecule is CC(C)CNCCC=CCc1ccc(F)cc1. The fourth-order valence-electron chi connectivity index (χ4n) is 1.53. The molecule has 1 aromatic rings. The molecule has 0 radical (unpaired) electrons. The lowest BCUT2D eigenvalue weighted by molar-refractivity contribution is 0.556. The molecule has 0 fully saturated rings. The highest BCUT2D eigenvalue weighted by Crippen LogP contribution is 2.04. The number of hydrogen-bond donors (Lipinski definition) is 1.